The molecule has 0 aliphatic carbocycles. The van der Waals surface area contributed by atoms with Crippen LogP contribution >= 0.6 is 0 Å². The molecular weight excluding hydrogens is 242 g/mol. The molecule has 0 radical (unpaired) electrons. The molecule has 0 aliphatic heterocycles. The first-order valence-electron chi connectivity index (χ1n) is 6.36. The second-order valence-electron chi connectivity index (χ2n) is 4.58. The van der Waals surface area contributed by atoms with Crippen LogP contribution in [0.2, 0.25) is 0 Å². The summed E-state index contributed by atoms with van der Waals surface area (Å²) in [6.07, 6.45) is 7.19. The standard InChI is InChI=1S/C13H19N5O/c1-10(2)19-13-12(14-4-5-16-13)15-6-7-18-9-11(3)8-17-18/h4-5,8-10H,6-7H2,1-3H3,(H,14,15). The molecule has 0 amide bonds. The van der Waals surface area contributed by atoms with E-state index in [9.17, 15) is 0 Å². The summed E-state index contributed by atoms with van der Waals surface area (Å²) in [7, 11) is 0. The number of aromatic nitrogens is 4. The molecule has 0 saturated heterocycles. The summed E-state index contributed by atoms with van der Waals surface area (Å²) >= 11 is 0. The third-order valence-corrected chi connectivity index (χ3v) is 2.41. The Morgan fingerprint density at radius 2 is 2.11 bits per heavy atom. The van der Waals surface area contributed by atoms with Crippen LogP contribution in [0.3, 0.4) is 0 Å². The molecule has 6 nitrogen and oxygen atoms in total. The van der Waals surface area contributed by atoms with Crippen LogP contribution in [-0.4, -0.2) is 32.4 Å². The molecule has 0 fully saturated rings. The van der Waals surface area contributed by atoms with E-state index in [0.29, 0.717) is 18.2 Å². The fourth-order valence-corrected chi connectivity index (χ4v) is 1.63. The molecule has 0 aliphatic rings. The van der Waals surface area contributed by atoms with Gasteiger partial charge in [-0.1, -0.05) is 0 Å². The SMILES string of the molecule is Cc1cnn(CCNc2nccnc2OC(C)C)c1. The number of rotatable bonds is 6. The highest BCUT2D eigenvalue weighted by Crippen LogP contribution is 2.18. The molecule has 0 saturated carbocycles. The minimum Gasteiger partial charge on any atom is -0.472 e. The third kappa shape index (κ3) is 3.94. The van der Waals surface area contributed by atoms with Crippen molar-refractivity contribution in [2.24, 2.45) is 0 Å². The molecule has 2 aromatic heterocycles. The molecule has 0 aromatic carbocycles. The van der Waals surface area contributed by atoms with Crippen LogP contribution in [0.15, 0.2) is 24.8 Å². The summed E-state index contributed by atoms with van der Waals surface area (Å²) < 4.78 is 7.48. The van der Waals surface area contributed by atoms with Gasteiger partial charge in [-0.25, -0.2) is 9.97 Å². The van der Waals surface area contributed by atoms with Crippen LogP contribution in [0.4, 0.5) is 5.82 Å². The lowest BCUT2D eigenvalue weighted by molar-refractivity contribution is 0.233. The monoisotopic (exact) mass is 261 g/mol. The fourth-order valence-electron chi connectivity index (χ4n) is 1.63. The fraction of sp³-hybridized carbons (Fsp3) is 0.462. The normalized spacial score (nSPS) is 10.7. The van der Waals surface area contributed by atoms with E-state index in [1.54, 1.807) is 12.4 Å². The van der Waals surface area contributed by atoms with Gasteiger partial charge in [0, 0.05) is 25.1 Å². The number of nitrogens with zero attached hydrogens (tertiary/aromatic N) is 4. The highest BCUT2D eigenvalue weighted by molar-refractivity contribution is 5.44. The van der Waals surface area contributed by atoms with Gasteiger partial charge in [0.05, 0.1) is 18.8 Å². The second-order valence-corrected chi connectivity index (χ2v) is 4.58. The maximum atomic E-state index is 5.59. The van der Waals surface area contributed by atoms with Crippen LogP contribution < -0.4 is 10.1 Å². The van der Waals surface area contributed by atoms with Gasteiger partial charge in [-0.3, -0.25) is 4.68 Å². The van der Waals surface area contributed by atoms with Crippen LogP contribution in [0.25, 0.3) is 0 Å². The molecule has 1 N–H and O–H groups in total. The van der Waals surface area contributed by atoms with E-state index in [1.165, 1.54) is 0 Å². The Morgan fingerprint density at radius 1 is 1.32 bits per heavy atom. The van der Waals surface area contributed by atoms with E-state index in [-0.39, 0.29) is 6.10 Å². The van der Waals surface area contributed by atoms with Crippen LogP contribution in [0.5, 0.6) is 5.88 Å². The lowest BCUT2D eigenvalue weighted by atomic mass is 10.4. The number of hydrogen-bond acceptors (Lipinski definition) is 5. The second kappa shape index (κ2) is 6.17. The Kier molecular flexibility index (Phi) is 4.33. The molecular formula is C13H19N5O. The molecule has 0 spiro atoms. The predicted octanol–water partition coefficient (Wildman–Crippen LogP) is 1.88. The highest BCUT2D eigenvalue weighted by atomic mass is 16.5. The van der Waals surface area contributed by atoms with Crippen molar-refractivity contribution in [1.82, 2.24) is 19.7 Å². The summed E-state index contributed by atoms with van der Waals surface area (Å²) in [4.78, 5) is 8.42. The molecule has 0 atom stereocenters. The minimum absolute atomic E-state index is 0.0750. The average molecular weight is 261 g/mol. The topological polar surface area (TPSA) is 64.9 Å². The summed E-state index contributed by atoms with van der Waals surface area (Å²) in [5, 5.41) is 7.44. The Balaban J connectivity index is 1.92. The van der Waals surface area contributed by atoms with Crippen molar-refractivity contribution in [3.63, 3.8) is 0 Å². The first-order chi connectivity index (χ1) is 9.15. The number of nitrogens with one attached hydrogen (secondary N) is 1. The quantitative estimate of drug-likeness (QED) is 0.860. The van der Waals surface area contributed by atoms with E-state index < -0.39 is 0 Å². The lowest BCUT2D eigenvalue weighted by Crippen LogP contribution is -2.14. The maximum Gasteiger partial charge on any atom is 0.257 e. The van der Waals surface area contributed by atoms with Gasteiger partial charge in [0.25, 0.3) is 5.88 Å². The van der Waals surface area contributed by atoms with Crippen molar-refractivity contribution in [1.29, 1.82) is 0 Å². The van der Waals surface area contributed by atoms with Crippen molar-refractivity contribution in [3.8, 4) is 5.88 Å². The third-order valence-electron chi connectivity index (χ3n) is 2.41. The summed E-state index contributed by atoms with van der Waals surface area (Å²) in [5.74, 6) is 1.20. The van der Waals surface area contributed by atoms with Crippen molar-refractivity contribution < 1.29 is 4.74 Å². The van der Waals surface area contributed by atoms with E-state index in [2.05, 4.69) is 20.4 Å². The van der Waals surface area contributed by atoms with Crippen LogP contribution in [-0.2, 0) is 6.54 Å². The average Bonchev–Trinajstić information content (AvgIpc) is 2.77. The molecule has 2 rings (SSSR count). The smallest absolute Gasteiger partial charge is 0.257 e. The van der Waals surface area contributed by atoms with Crippen molar-refractivity contribution in [3.05, 3.63) is 30.4 Å². The van der Waals surface area contributed by atoms with E-state index >= 15 is 0 Å². The van der Waals surface area contributed by atoms with Crippen LogP contribution in [0, 0.1) is 6.92 Å². The first-order valence-corrected chi connectivity index (χ1v) is 6.36. The molecule has 2 heterocycles. The number of aryl methyl sites for hydroxylation is 1. The summed E-state index contributed by atoms with van der Waals surface area (Å²) in [5.41, 5.74) is 1.16. The van der Waals surface area contributed by atoms with E-state index in [0.717, 1.165) is 12.1 Å². The first kappa shape index (κ1) is 13.3. The molecule has 19 heavy (non-hydrogen) atoms. The highest BCUT2D eigenvalue weighted by Gasteiger charge is 2.07. The van der Waals surface area contributed by atoms with Gasteiger partial charge in [-0.05, 0) is 26.3 Å². The molecule has 0 unspecified atom stereocenters. The van der Waals surface area contributed by atoms with Gasteiger partial charge in [-0.2, -0.15) is 5.10 Å². The molecule has 2 aromatic rings. The minimum atomic E-state index is 0.0750. The Bertz CT molecular complexity index is 523. The zero-order valence-corrected chi connectivity index (χ0v) is 11.5. The van der Waals surface area contributed by atoms with Gasteiger partial charge in [0.15, 0.2) is 5.82 Å². The number of hydrogen-bond donors (Lipinski definition) is 1. The lowest BCUT2D eigenvalue weighted by Gasteiger charge is -2.13. The molecule has 102 valence electrons. The number of ether oxygens (including phenoxy) is 1. The number of anilines is 1. The predicted molar refractivity (Wildman–Crippen MR) is 73.2 cm³/mol. The van der Waals surface area contributed by atoms with Gasteiger partial charge in [0.2, 0.25) is 0 Å². The van der Waals surface area contributed by atoms with Gasteiger partial charge < -0.3 is 10.1 Å². The Hall–Kier alpha value is -2.11. The zero-order chi connectivity index (χ0) is 13.7. The van der Waals surface area contributed by atoms with E-state index in [4.69, 9.17) is 4.74 Å². The van der Waals surface area contributed by atoms with Gasteiger partial charge >= 0.3 is 0 Å². The van der Waals surface area contributed by atoms with E-state index in [1.807, 2.05) is 37.8 Å². The van der Waals surface area contributed by atoms with Crippen molar-refractivity contribution in [2.45, 2.75) is 33.4 Å². The maximum absolute atomic E-state index is 5.59. The van der Waals surface area contributed by atoms with Crippen LogP contribution in [0.1, 0.15) is 19.4 Å². The largest absolute Gasteiger partial charge is 0.472 e. The molecule has 6 heteroatoms. The summed E-state index contributed by atoms with van der Waals surface area (Å²) in [6, 6.07) is 0. The zero-order valence-electron chi connectivity index (χ0n) is 11.5. The Morgan fingerprint density at radius 3 is 2.79 bits per heavy atom. The van der Waals surface area contributed by atoms with Gasteiger partial charge in [0.1, 0.15) is 0 Å². The molecule has 0 bridgehead atoms. The Labute approximate surface area is 112 Å². The van der Waals surface area contributed by atoms with Crippen molar-refractivity contribution >= 4 is 5.82 Å². The summed E-state index contributed by atoms with van der Waals surface area (Å²) in [6.45, 7) is 7.43. The van der Waals surface area contributed by atoms with Crippen molar-refractivity contribution in [2.75, 3.05) is 11.9 Å². The van der Waals surface area contributed by atoms with Gasteiger partial charge in [-0.15, -0.1) is 0 Å².